The Hall–Kier alpha value is -1.49. The lowest BCUT2D eigenvalue weighted by Crippen LogP contribution is -2.04. The average Bonchev–Trinajstić information content (AvgIpc) is 2.22. The van der Waals surface area contributed by atoms with E-state index in [1.165, 1.54) is 18.4 Å². The van der Waals surface area contributed by atoms with Gasteiger partial charge >= 0.3 is 5.97 Å². The second-order valence-corrected chi connectivity index (χ2v) is 3.73. The third-order valence-corrected chi connectivity index (χ3v) is 2.50. The first-order valence-electron chi connectivity index (χ1n) is 4.39. The Morgan fingerprint density at radius 3 is 2.75 bits per heavy atom. The van der Waals surface area contributed by atoms with Gasteiger partial charge in [0.2, 0.25) is 0 Å². The van der Waals surface area contributed by atoms with Crippen LogP contribution in [0.2, 0.25) is 0 Å². The standard InChI is InChI=1S/C11H9BrFNO2/c1-3-6-8(14-4-2)5-7(12)10(13)9(6)11(15)16/h3-5H,1H2,2H3,(H,15,16). The summed E-state index contributed by atoms with van der Waals surface area (Å²) in [5.41, 5.74) is 0.111. The highest BCUT2D eigenvalue weighted by atomic mass is 79.9. The fraction of sp³-hybridized carbons (Fsp3) is 0.0909. The maximum atomic E-state index is 13.6. The first-order valence-corrected chi connectivity index (χ1v) is 5.18. The molecule has 0 aliphatic rings. The average molecular weight is 286 g/mol. The van der Waals surface area contributed by atoms with Crippen LogP contribution in [-0.2, 0) is 0 Å². The molecule has 0 amide bonds. The lowest BCUT2D eigenvalue weighted by molar-refractivity contribution is 0.0691. The van der Waals surface area contributed by atoms with Crippen molar-refractivity contribution in [1.82, 2.24) is 0 Å². The highest BCUT2D eigenvalue weighted by Crippen LogP contribution is 2.32. The molecule has 1 aromatic carbocycles. The maximum absolute atomic E-state index is 13.6. The monoisotopic (exact) mass is 285 g/mol. The number of aromatic carboxylic acids is 1. The minimum absolute atomic E-state index is 0.0658. The van der Waals surface area contributed by atoms with Gasteiger partial charge in [-0.25, -0.2) is 9.18 Å². The molecule has 16 heavy (non-hydrogen) atoms. The van der Waals surface area contributed by atoms with E-state index in [-0.39, 0.29) is 10.0 Å². The summed E-state index contributed by atoms with van der Waals surface area (Å²) in [5.74, 6) is -2.17. The van der Waals surface area contributed by atoms with Crippen LogP contribution < -0.4 is 0 Å². The van der Waals surface area contributed by atoms with Crippen molar-refractivity contribution in [1.29, 1.82) is 0 Å². The Labute approximate surface area is 100 Å². The quantitative estimate of drug-likeness (QED) is 0.862. The van der Waals surface area contributed by atoms with Crippen LogP contribution in [0.1, 0.15) is 22.8 Å². The highest BCUT2D eigenvalue weighted by molar-refractivity contribution is 9.10. The van der Waals surface area contributed by atoms with Crippen LogP contribution in [0.4, 0.5) is 10.1 Å². The fourth-order valence-electron chi connectivity index (χ4n) is 1.29. The van der Waals surface area contributed by atoms with Crippen LogP contribution in [0.15, 0.2) is 22.1 Å². The van der Waals surface area contributed by atoms with E-state index in [2.05, 4.69) is 27.5 Å². The number of nitrogens with zero attached hydrogens (tertiary/aromatic N) is 1. The first kappa shape index (κ1) is 12.6. The van der Waals surface area contributed by atoms with Crippen molar-refractivity contribution in [3.8, 4) is 0 Å². The second-order valence-electron chi connectivity index (χ2n) is 2.88. The topological polar surface area (TPSA) is 49.7 Å². The normalized spacial score (nSPS) is 10.7. The number of rotatable bonds is 3. The van der Waals surface area contributed by atoms with Crippen molar-refractivity contribution in [3.05, 3.63) is 34.1 Å². The molecular weight excluding hydrogens is 277 g/mol. The molecule has 0 saturated carbocycles. The summed E-state index contributed by atoms with van der Waals surface area (Å²) in [5, 5.41) is 8.93. The van der Waals surface area contributed by atoms with Crippen LogP contribution in [0.3, 0.4) is 0 Å². The zero-order chi connectivity index (χ0) is 12.3. The molecule has 0 aromatic heterocycles. The van der Waals surface area contributed by atoms with Gasteiger partial charge in [0.05, 0.1) is 10.2 Å². The fourth-order valence-corrected chi connectivity index (χ4v) is 1.70. The Morgan fingerprint density at radius 1 is 1.69 bits per heavy atom. The lowest BCUT2D eigenvalue weighted by atomic mass is 10.0. The SMILES string of the molecule is C=Cc1c(N=CC)cc(Br)c(F)c1C(=O)O. The second kappa shape index (κ2) is 5.03. The van der Waals surface area contributed by atoms with E-state index in [1.54, 1.807) is 6.92 Å². The number of benzene rings is 1. The van der Waals surface area contributed by atoms with E-state index < -0.39 is 17.3 Å². The molecule has 0 spiro atoms. The maximum Gasteiger partial charge on any atom is 0.339 e. The number of carboxylic acid groups (broad SMARTS) is 1. The number of carboxylic acids is 1. The number of carbonyl (C=O) groups is 1. The van der Waals surface area contributed by atoms with Crippen molar-refractivity contribution in [2.24, 2.45) is 4.99 Å². The molecule has 3 nitrogen and oxygen atoms in total. The van der Waals surface area contributed by atoms with Crippen LogP contribution in [-0.4, -0.2) is 17.3 Å². The van der Waals surface area contributed by atoms with E-state index in [1.807, 2.05) is 0 Å². The Kier molecular flexibility index (Phi) is 3.95. The lowest BCUT2D eigenvalue weighted by Gasteiger charge is -2.08. The summed E-state index contributed by atoms with van der Waals surface area (Å²) in [6.45, 7) is 5.15. The van der Waals surface area contributed by atoms with E-state index >= 15 is 0 Å². The van der Waals surface area contributed by atoms with Crippen molar-refractivity contribution >= 4 is 39.9 Å². The summed E-state index contributed by atoms with van der Waals surface area (Å²) in [4.78, 5) is 14.9. The van der Waals surface area contributed by atoms with Gasteiger partial charge in [-0.15, -0.1) is 0 Å². The molecule has 1 rings (SSSR count). The number of halogens is 2. The smallest absolute Gasteiger partial charge is 0.339 e. The summed E-state index contributed by atoms with van der Waals surface area (Å²) >= 11 is 2.95. The molecular formula is C11H9BrFNO2. The predicted molar refractivity (Wildman–Crippen MR) is 65.0 cm³/mol. The van der Waals surface area contributed by atoms with Gasteiger partial charge in [0.25, 0.3) is 0 Å². The largest absolute Gasteiger partial charge is 0.478 e. The van der Waals surface area contributed by atoms with E-state index in [9.17, 15) is 9.18 Å². The molecule has 0 bridgehead atoms. The first-order chi connectivity index (χ1) is 7.52. The highest BCUT2D eigenvalue weighted by Gasteiger charge is 2.20. The Morgan fingerprint density at radius 2 is 2.31 bits per heavy atom. The third kappa shape index (κ3) is 2.19. The molecule has 0 atom stereocenters. The van der Waals surface area contributed by atoms with E-state index in [0.29, 0.717) is 5.69 Å². The Balaban J connectivity index is 3.68. The minimum atomic E-state index is -1.35. The number of aliphatic imine (C=N–C) groups is 1. The number of hydrogen-bond donors (Lipinski definition) is 1. The number of hydrogen-bond acceptors (Lipinski definition) is 2. The summed E-state index contributed by atoms with van der Waals surface area (Å²) in [7, 11) is 0. The Bertz CT molecular complexity index is 483. The van der Waals surface area contributed by atoms with Gasteiger partial charge in [-0.05, 0) is 28.9 Å². The summed E-state index contributed by atoms with van der Waals surface area (Å²) < 4.78 is 13.7. The molecule has 1 aromatic rings. The van der Waals surface area contributed by atoms with Crippen molar-refractivity contribution < 1.29 is 14.3 Å². The zero-order valence-electron chi connectivity index (χ0n) is 8.50. The predicted octanol–water partition coefficient (Wildman–Crippen LogP) is 3.65. The van der Waals surface area contributed by atoms with Crippen molar-refractivity contribution in [2.45, 2.75) is 6.92 Å². The molecule has 0 heterocycles. The summed E-state index contributed by atoms with van der Waals surface area (Å²) in [6, 6.07) is 1.42. The molecule has 0 saturated heterocycles. The molecule has 0 unspecified atom stereocenters. The molecule has 84 valence electrons. The molecule has 0 aliphatic carbocycles. The van der Waals surface area contributed by atoms with Gasteiger partial charge in [0.1, 0.15) is 5.56 Å². The van der Waals surface area contributed by atoms with Crippen molar-refractivity contribution in [3.63, 3.8) is 0 Å². The van der Waals surface area contributed by atoms with Gasteiger partial charge in [0, 0.05) is 11.8 Å². The third-order valence-electron chi connectivity index (χ3n) is 1.92. The molecule has 1 N–H and O–H groups in total. The molecule has 0 radical (unpaired) electrons. The van der Waals surface area contributed by atoms with E-state index in [0.717, 1.165) is 0 Å². The van der Waals surface area contributed by atoms with Crippen molar-refractivity contribution in [2.75, 3.05) is 0 Å². The van der Waals surface area contributed by atoms with Gasteiger partial charge in [0.15, 0.2) is 5.82 Å². The van der Waals surface area contributed by atoms with Crippen LogP contribution in [0.5, 0.6) is 0 Å². The van der Waals surface area contributed by atoms with Gasteiger partial charge in [-0.3, -0.25) is 4.99 Å². The summed E-state index contributed by atoms with van der Waals surface area (Å²) in [6.07, 6.45) is 2.78. The van der Waals surface area contributed by atoms with Crippen LogP contribution in [0, 0.1) is 5.82 Å². The van der Waals surface area contributed by atoms with Gasteiger partial charge in [-0.1, -0.05) is 12.7 Å². The molecule has 0 aliphatic heterocycles. The van der Waals surface area contributed by atoms with E-state index in [4.69, 9.17) is 5.11 Å². The van der Waals surface area contributed by atoms with Crippen LogP contribution >= 0.6 is 15.9 Å². The van der Waals surface area contributed by atoms with Gasteiger partial charge in [-0.2, -0.15) is 0 Å². The van der Waals surface area contributed by atoms with Gasteiger partial charge < -0.3 is 5.11 Å². The van der Waals surface area contributed by atoms with Crippen LogP contribution in [0.25, 0.3) is 6.08 Å². The minimum Gasteiger partial charge on any atom is -0.478 e. The molecule has 0 fully saturated rings. The zero-order valence-corrected chi connectivity index (χ0v) is 10.1. The molecule has 5 heteroatoms.